The van der Waals surface area contributed by atoms with Crippen molar-refractivity contribution < 1.29 is 45.1 Å². The summed E-state index contributed by atoms with van der Waals surface area (Å²) in [6, 6.07) is 0. The molecule has 2 N–H and O–H groups in total. The zero-order chi connectivity index (χ0) is 20.5. The van der Waals surface area contributed by atoms with Crippen LogP contribution in [-0.2, 0) is 37.7 Å². The third-order valence-corrected chi connectivity index (χ3v) is 10.9. The van der Waals surface area contributed by atoms with Crippen LogP contribution < -0.4 is 0 Å². The summed E-state index contributed by atoms with van der Waals surface area (Å²) in [5, 5.41) is 0. The molecule has 3 atom stereocenters. The standard InChI is InChI=1S/C12H27O4Si.C6H11O.2H2O.Ti/c1-7-10(4)14-17(13,15-11(5)8-2)16-12(6)9-3;7-6-4-2-1-3-5-6;;;/h10-12H,7-9H2,1-6H3;6H,1-5H2;2*1H2;/q2*-1;;;+4/p-2. The van der Waals surface area contributed by atoms with Crippen LogP contribution in [0.15, 0.2) is 0 Å². The Labute approximate surface area is 171 Å². The molecule has 0 aromatic carbocycles. The van der Waals surface area contributed by atoms with Gasteiger partial charge in [-0.15, -0.1) is 0 Å². The molecular formula is C18H40O7SiTi. The first kappa shape index (κ1) is 25.7. The van der Waals surface area contributed by atoms with E-state index in [9.17, 15) is 7.38 Å². The number of hydrogen-bond donors (Lipinski definition) is 2. The van der Waals surface area contributed by atoms with Gasteiger partial charge in [-0.25, -0.2) is 0 Å². The van der Waals surface area contributed by atoms with E-state index in [-0.39, 0.29) is 24.4 Å². The van der Waals surface area contributed by atoms with E-state index >= 15 is 0 Å². The molecule has 1 rings (SSSR count). The molecule has 1 aliphatic rings. The molecule has 27 heavy (non-hydrogen) atoms. The molecule has 0 radical (unpaired) electrons. The van der Waals surface area contributed by atoms with E-state index in [4.69, 9.17) is 19.6 Å². The van der Waals surface area contributed by atoms with Crippen LogP contribution in [0.3, 0.4) is 0 Å². The maximum atomic E-state index is 10.7. The van der Waals surface area contributed by atoms with E-state index in [0.717, 1.165) is 51.4 Å². The summed E-state index contributed by atoms with van der Waals surface area (Å²) in [7, 11) is -3.81. The molecule has 0 spiro atoms. The van der Waals surface area contributed by atoms with Crippen LogP contribution in [0.2, 0.25) is 0 Å². The van der Waals surface area contributed by atoms with Crippen molar-refractivity contribution in [3.8, 4) is 0 Å². The molecule has 1 aliphatic carbocycles. The van der Waals surface area contributed by atoms with Crippen LogP contribution in [0, 0.1) is 0 Å². The van der Waals surface area contributed by atoms with Crippen LogP contribution >= 0.6 is 0 Å². The van der Waals surface area contributed by atoms with Gasteiger partial charge in [0.1, 0.15) is 0 Å². The second-order valence-electron chi connectivity index (χ2n) is 7.54. The van der Waals surface area contributed by atoms with E-state index in [2.05, 4.69) is 0 Å². The molecular weight excluding hydrogens is 404 g/mol. The molecule has 0 aromatic rings. The van der Waals surface area contributed by atoms with E-state index in [0.29, 0.717) is 0 Å². The average molecular weight is 444 g/mol. The van der Waals surface area contributed by atoms with Gasteiger partial charge < -0.3 is 0 Å². The third kappa shape index (κ3) is 9.80. The molecule has 9 heteroatoms. The molecule has 1 saturated carbocycles. The second-order valence-corrected chi connectivity index (χ2v) is 12.5. The van der Waals surface area contributed by atoms with Crippen molar-refractivity contribution in [3.05, 3.63) is 0 Å². The van der Waals surface area contributed by atoms with Crippen molar-refractivity contribution in [1.82, 2.24) is 0 Å². The minimum absolute atomic E-state index is 0.184. The van der Waals surface area contributed by atoms with Gasteiger partial charge in [-0.1, -0.05) is 0 Å². The summed E-state index contributed by atoms with van der Waals surface area (Å²) in [6.45, 7) is 11.7. The third-order valence-electron chi connectivity index (χ3n) is 4.89. The molecule has 0 bridgehead atoms. The van der Waals surface area contributed by atoms with Crippen molar-refractivity contribution in [3.63, 3.8) is 0 Å². The van der Waals surface area contributed by atoms with Gasteiger partial charge in [-0.3, -0.25) is 0 Å². The Kier molecular flexibility index (Phi) is 11.8. The Morgan fingerprint density at radius 2 is 1.22 bits per heavy atom. The molecule has 0 saturated heterocycles. The van der Waals surface area contributed by atoms with Gasteiger partial charge in [0.2, 0.25) is 0 Å². The first-order chi connectivity index (χ1) is 12.6. The Morgan fingerprint density at radius 1 is 0.815 bits per heavy atom. The topological polar surface area (TPSA) is 86.6 Å². The fraction of sp³-hybridized carbons (Fsp3) is 1.00. The second kappa shape index (κ2) is 12.4. The summed E-state index contributed by atoms with van der Waals surface area (Å²) in [5.74, 6) is 0. The maximum absolute atomic E-state index is 10.7. The quantitative estimate of drug-likeness (QED) is 0.415. The van der Waals surface area contributed by atoms with Crippen LogP contribution in [0.4, 0.5) is 0 Å². The van der Waals surface area contributed by atoms with Gasteiger partial charge in [0.25, 0.3) is 0 Å². The number of hydrogen-bond acceptors (Lipinski definition) is 7. The van der Waals surface area contributed by atoms with Gasteiger partial charge >= 0.3 is 171 Å². The molecule has 0 heterocycles. The van der Waals surface area contributed by atoms with E-state index < -0.39 is 27.2 Å². The van der Waals surface area contributed by atoms with Crippen molar-refractivity contribution in [2.45, 2.75) is 117 Å². The summed E-state index contributed by atoms with van der Waals surface area (Å²) in [4.78, 5) is 0. The normalized spacial score (nSPS) is 22.2. The van der Waals surface area contributed by atoms with Gasteiger partial charge in [0.05, 0.1) is 0 Å². The molecule has 7 nitrogen and oxygen atoms in total. The summed E-state index contributed by atoms with van der Waals surface area (Å²) >= 11 is -5.06. The van der Waals surface area contributed by atoms with Gasteiger partial charge in [-0.2, -0.15) is 0 Å². The van der Waals surface area contributed by atoms with E-state index in [1.807, 2.05) is 41.5 Å². The fourth-order valence-corrected chi connectivity index (χ4v) is 8.87. The van der Waals surface area contributed by atoms with Crippen molar-refractivity contribution in [1.29, 1.82) is 0 Å². The molecule has 1 fully saturated rings. The van der Waals surface area contributed by atoms with Crippen molar-refractivity contribution in [2.24, 2.45) is 0 Å². The Bertz CT molecular complexity index is 376. The SMILES string of the molecule is CCC(C)O[Si](OC(C)CC)(OC(C)CC)[O][Ti]([OH])([OH])[O]C1CCCCC1. The Morgan fingerprint density at radius 3 is 1.59 bits per heavy atom. The number of rotatable bonds is 13. The fourth-order valence-electron chi connectivity index (χ4n) is 2.73. The van der Waals surface area contributed by atoms with Crippen molar-refractivity contribution in [2.75, 3.05) is 0 Å². The van der Waals surface area contributed by atoms with Gasteiger partial charge in [-0.05, 0) is 0 Å². The Balaban J connectivity index is 3.01. The monoisotopic (exact) mass is 444 g/mol. The van der Waals surface area contributed by atoms with Gasteiger partial charge in [0, 0.05) is 0 Å². The minimum atomic E-state index is -5.06. The van der Waals surface area contributed by atoms with Gasteiger partial charge in [0.15, 0.2) is 0 Å². The first-order valence-electron chi connectivity index (χ1n) is 10.5. The van der Waals surface area contributed by atoms with E-state index in [1.165, 1.54) is 0 Å². The molecule has 0 aliphatic heterocycles. The molecule has 0 aromatic heterocycles. The zero-order valence-electron chi connectivity index (χ0n) is 17.9. The molecule has 3 unspecified atom stereocenters. The zero-order valence-corrected chi connectivity index (χ0v) is 20.5. The predicted octanol–water partition coefficient (Wildman–Crippen LogP) is 4.03. The Hall–Kier alpha value is 0.651. The van der Waals surface area contributed by atoms with E-state index in [1.54, 1.807) is 0 Å². The van der Waals surface area contributed by atoms with Crippen molar-refractivity contribution >= 4 is 9.05 Å². The summed E-state index contributed by atoms with van der Waals surface area (Å²) in [5.41, 5.74) is 0. The van der Waals surface area contributed by atoms with Crippen LogP contribution in [-0.4, -0.2) is 40.8 Å². The average Bonchev–Trinajstić information content (AvgIpc) is 2.60. The van der Waals surface area contributed by atoms with Crippen LogP contribution in [0.5, 0.6) is 0 Å². The first-order valence-corrected chi connectivity index (χ1v) is 14.8. The predicted molar refractivity (Wildman–Crippen MR) is 102 cm³/mol. The summed E-state index contributed by atoms with van der Waals surface area (Å²) in [6.07, 6.45) is 6.26. The van der Waals surface area contributed by atoms with Crippen LogP contribution in [0.1, 0.15) is 92.9 Å². The summed E-state index contributed by atoms with van der Waals surface area (Å²) < 4.78 is 51.0. The molecule has 162 valence electrons. The molecule has 0 amide bonds. The van der Waals surface area contributed by atoms with Crippen LogP contribution in [0.25, 0.3) is 0 Å².